The van der Waals surface area contributed by atoms with Crippen molar-refractivity contribution in [2.45, 2.75) is 11.8 Å². The number of rotatable bonds is 9. The summed E-state index contributed by atoms with van der Waals surface area (Å²) in [5, 5.41) is 13.3. The maximum atomic E-state index is 12.5. The zero-order valence-electron chi connectivity index (χ0n) is 18.7. The lowest BCUT2D eigenvalue weighted by Crippen LogP contribution is -2.21. The van der Waals surface area contributed by atoms with E-state index >= 15 is 0 Å². The molecule has 0 saturated carbocycles. The largest absolute Gasteiger partial charge is 0.495 e. The number of carbonyl (C=O) groups is 2. The van der Waals surface area contributed by atoms with Crippen molar-refractivity contribution >= 4 is 39.0 Å². The molecule has 11 nitrogen and oxygen atoms in total. The Morgan fingerprint density at radius 2 is 1.66 bits per heavy atom. The molecule has 0 aliphatic heterocycles. The fraction of sp³-hybridized carbons (Fsp3) is 0.130. The summed E-state index contributed by atoms with van der Waals surface area (Å²) in [4.78, 5) is 34.7. The van der Waals surface area contributed by atoms with Gasteiger partial charge in [0.1, 0.15) is 5.75 Å². The molecular formula is C23H21N3O8S. The third-order valence-electron chi connectivity index (χ3n) is 4.71. The van der Waals surface area contributed by atoms with Gasteiger partial charge in [0, 0.05) is 17.8 Å². The number of methoxy groups -OCH3 is 1. The molecule has 0 aliphatic carbocycles. The summed E-state index contributed by atoms with van der Waals surface area (Å²) in [6.45, 7) is 1.20. The van der Waals surface area contributed by atoms with Gasteiger partial charge in [-0.3, -0.25) is 19.6 Å². The van der Waals surface area contributed by atoms with E-state index < -0.39 is 33.4 Å². The maximum Gasteiger partial charge on any atom is 0.338 e. The number of anilines is 2. The van der Waals surface area contributed by atoms with Crippen molar-refractivity contribution in [3.63, 3.8) is 0 Å². The van der Waals surface area contributed by atoms with E-state index in [1.807, 2.05) is 6.92 Å². The number of nitrogens with one attached hydrogen (secondary N) is 2. The van der Waals surface area contributed by atoms with Crippen LogP contribution in [0.2, 0.25) is 0 Å². The molecule has 0 radical (unpaired) electrons. The predicted octanol–water partition coefficient (Wildman–Crippen LogP) is 3.51. The number of hydrogen-bond acceptors (Lipinski definition) is 8. The molecule has 2 N–H and O–H groups in total. The Morgan fingerprint density at radius 3 is 2.26 bits per heavy atom. The van der Waals surface area contributed by atoms with Crippen molar-refractivity contribution in [3.05, 3.63) is 88.0 Å². The number of nitro benzene ring substituents is 1. The topological polar surface area (TPSA) is 154 Å². The van der Waals surface area contributed by atoms with Gasteiger partial charge in [0.2, 0.25) is 0 Å². The second-order valence-electron chi connectivity index (χ2n) is 7.26. The van der Waals surface area contributed by atoms with Crippen LogP contribution in [0.15, 0.2) is 71.6 Å². The number of amides is 1. The van der Waals surface area contributed by atoms with Crippen LogP contribution in [0.3, 0.4) is 0 Å². The first-order valence-corrected chi connectivity index (χ1v) is 11.6. The number of carbonyl (C=O) groups excluding carboxylic acids is 2. The lowest BCUT2D eigenvalue weighted by molar-refractivity contribution is -0.384. The Balaban J connectivity index is 1.60. The highest BCUT2D eigenvalue weighted by molar-refractivity contribution is 7.92. The van der Waals surface area contributed by atoms with Crippen molar-refractivity contribution in [1.82, 2.24) is 0 Å². The first kappa shape index (κ1) is 25.2. The number of hydrogen-bond donors (Lipinski definition) is 2. The van der Waals surface area contributed by atoms with Crippen molar-refractivity contribution < 1.29 is 32.4 Å². The minimum atomic E-state index is -3.87. The fourth-order valence-corrected chi connectivity index (χ4v) is 3.97. The van der Waals surface area contributed by atoms with Crippen LogP contribution in [0, 0.1) is 17.0 Å². The maximum absolute atomic E-state index is 12.5. The normalized spacial score (nSPS) is 10.8. The molecule has 0 aromatic heterocycles. The highest BCUT2D eigenvalue weighted by Gasteiger charge is 2.18. The first-order chi connectivity index (χ1) is 16.6. The zero-order valence-corrected chi connectivity index (χ0v) is 19.5. The summed E-state index contributed by atoms with van der Waals surface area (Å²) in [5.41, 5.74) is 1.18. The van der Waals surface area contributed by atoms with Gasteiger partial charge in [0.05, 0.1) is 28.2 Å². The average Bonchev–Trinajstić information content (AvgIpc) is 2.83. The Kier molecular flexibility index (Phi) is 7.66. The van der Waals surface area contributed by atoms with Gasteiger partial charge in [-0.2, -0.15) is 0 Å². The minimum absolute atomic E-state index is 0.0278. The number of esters is 1. The van der Waals surface area contributed by atoms with Crippen LogP contribution in [0.25, 0.3) is 0 Å². The molecule has 1 amide bonds. The molecule has 0 aliphatic rings. The van der Waals surface area contributed by atoms with Crippen molar-refractivity contribution in [1.29, 1.82) is 0 Å². The zero-order chi connectivity index (χ0) is 25.6. The quantitative estimate of drug-likeness (QED) is 0.258. The van der Waals surface area contributed by atoms with Crippen molar-refractivity contribution in [2.75, 3.05) is 23.8 Å². The van der Waals surface area contributed by atoms with E-state index in [2.05, 4.69) is 10.0 Å². The van der Waals surface area contributed by atoms with Crippen molar-refractivity contribution in [2.24, 2.45) is 0 Å². The van der Waals surface area contributed by atoms with Crippen LogP contribution in [0.5, 0.6) is 5.75 Å². The molecule has 3 aromatic rings. The predicted molar refractivity (Wildman–Crippen MR) is 127 cm³/mol. The summed E-state index contributed by atoms with van der Waals surface area (Å²) in [6.07, 6.45) is 0. The second kappa shape index (κ2) is 10.7. The average molecular weight is 500 g/mol. The molecule has 0 unspecified atom stereocenters. The second-order valence-corrected chi connectivity index (χ2v) is 8.94. The Morgan fingerprint density at radius 1 is 1.00 bits per heavy atom. The molecule has 0 fully saturated rings. The first-order valence-electron chi connectivity index (χ1n) is 10.1. The number of ether oxygens (including phenoxy) is 2. The number of nitro groups is 1. The molecule has 0 saturated heterocycles. The van der Waals surface area contributed by atoms with Crippen LogP contribution in [-0.2, 0) is 19.6 Å². The van der Waals surface area contributed by atoms with E-state index in [9.17, 15) is 28.1 Å². The molecular weight excluding hydrogens is 478 g/mol. The molecule has 182 valence electrons. The molecule has 3 aromatic carbocycles. The summed E-state index contributed by atoms with van der Waals surface area (Å²) in [5.74, 6) is -1.42. The lowest BCUT2D eigenvalue weighted by Gasteiger charge is -2.11. The smallest absolute Gasteiger partial charge is 0.338 e. The van der Waals surface area contributed by atoms with Crippen molar-refractivity contribution in [3.8, 4) is 5.75 Å². The third-order valence-corrected chi connectivity index (χ3v) is 6.10. The number of sulfonamides is 1. The van der Waals surface area contributed by atoms with E-state index in [4.69, 9.17) is 9.47 Å². The van der Waals surface area contributed by atoms with E-state index in [0.717, 1.165) is 11.6 Å². The van der Waals surface area contributed by atoms with E-state index in [1.54, 1.807) is 24.3 Å². The third kappa shape index (κ3) is 6.54. The Bertz CT molecular complexity index is 1350. The van der Waals surface area contributed by atoms with E-state index in [0.29, 0.717) is 5.69 Å². The standard InChI is InChI=1S/C23H21N3O8S/c1-15-3-7-17(8-4-15)25-35(31,32)19-10-5-16(6-11-19)23(28)34-14-22(27)24-20-13-18(26(29)30)9-12-21(20)33-2/h3-13,25H,14H2,1-2H3,(H,24,27). The number of aryl methyl sites for hydroxylation is 1. The van der Waals surface area contributed by atoms with Crippen LogP contribution in [0.1, 0.15) is 15.9 Å². The van der Waals surface area contributed by atoms with Gasteiger partial charge < -0.3 is 14.8 Å². The number of nitrogens with zero attached hydrogens (tertiary/aromatic N) is 1. The summed E-state index contributed by atoms with van der Waals surface area (Å²) in [6, 6.07) is 15.4. The molecule has 3 rings (SSSR count). The fourth-order valence-electron chi connectivity index (χ4n) is 2.91. The highest BCUT2D eigenvalue weighted by Crippen LogP contribution is 2.28. The summed E-state index contributed by atoms with van der Waals surface area (Å²) in [7, 11) is -2.54. The van der Waals surface area contributed by atoms with Gasteiger partial charge >= 0.3 is 5.97 Å². The van der Waals surface area contributed by atoms with Gasteiger partial charge in [0.15, 0.2) is 6.61 Å². The van der Waals surface area contributed by atoms with Gasteiger partial charge in [0.25, 0.3) is 21.6 Å². The molecule has 0 bridgehead atoms. The SMILES string of the molecule is COc1ccc([N+](=O)[O-])cc1NC(=O)COC(=O)c1ccc(S(=O)(=O)Nc2ccc(C)cc2)cc1. The number of benzene rings is 3. The highest BCUT2D eigenvalue weighted by atomic mass is 32.2. The van der Waals surface area contributed by atoms with Crippen LogP contribution < -0.4 is 14.8 Å². The van der Waals surface area contributed by atoms with Gasteiger partial charge in [-0.25, -0.2) is 13.2 Å². The molecule has 12 heteroatoms. The molecule has 0 heterocycles. The van der Waals surface area contributed by atoms with E-state index in [-0.39, 0.29) is 27.6 Å². The van der Waals surface area contributed by atoms with Gasteiger partial charge in [-0.05, 0) is 49.4 Å². The van der Waals surface area contributed by atoms with Crippen LogP contribution in [-0.4, -0.2) is 38.9 Å². The molecule has 0 spiro atoms. The Labute approximate surface area is 200 Å². The molecule has 35 heavy (non-hydrogen) atoms. The number of non-ortho nitro benzene ring substituents is 1. The van der Waals surface area contributed by atoms with E-state index in [1.165, 1.54) is 43.5 Å². The monoisotopic (exact) mass is 499 g/mol. The van der Waals surface area contributed by atoms with Crippen LogP contribution >= 0.6 is 0 Å². The van der Waals surface area contributed by atoms with Gasteiger partial charge in [-0.1, -0.05) is 17.7 Å². The van der Waals surface area contributed by atoms with Crippen LogP contribution in [0.4, 0.5) is 17.1 Å². The van der Waals surface area contributed by atoms with Gasteiger partial charge in [-0.15, -0.1) is 0 Å². The minimum Gasteiger partial charge on any atom is -0.495 e. The summed E-state index contributed by atoms with van der Waals surface area (Å²) < 4.78 is 37.5. The lowest BCUT2D eigenvalue weighted by atomic mass is 10.2. The molecule has 0 atom stereocenters. The Hall–Kier alpha value is -4.45. The summed E-state index contributed by atoms with van der Waals surface area (Å²) >= 11 is 0.